The molecule has 6 nitrogen and oxygen atoms in total. The molecule has 0 aliphatic heterocycles. The highest BCUT2D eigenvalue weighted by molar-refractivity contribution is 5.92. The molecule has 0 radical (unpaired) electrons. The van der Waals surface area contributed by atoms with E-state index in [1.165, 1.54) is 40.8 Å². The molecule has 2 heterocycles. The lowest BCUT2D eigenvalue weighted by molar-refractivity contribution is -0.156. The standard InChI is InChI=1S/C19H18F3N5O/c20-19(21,22)17(15-10-4-5-11-23-15)24-18(28)16-13-27(26-25-16)12-6-9-14-7-2-1-3-8-14/h1-5,7-8,10-11,13,17H,6,9,12H2,(H,24,28)/t17-/m0/s1. The quantitative estimate of drug-likeness (QED) is 0.673. The maximum absolute atomic E-state index is 13.3. The topological polar surface area (TPSA) is 72.7 Å². The summed E-state index contributed by atoms with van der Waals surface area (Å²) >= 11 is 0. The molecular formula is C19H18F3N5O. The van der Waals surface area contributed by atoms with Gasteiger partial charge in [-0.1, -0.05) is 41.6 Å². The molecule has 1 atom stereocenters. The van der Waals surface area contributed by atoms with Gasteiger partial charge in [-0.05, 0) is 30.5 Å². The van der Waals surface area contributed by atoms with Crippen molar-refractivity contribution in [3.63, 3.8) is 0 Å². The van der Waals surface area contributed by atoms with E-state index in [-0.39, 0.29) is 11.4 Å². The van der Waals surface area contributed by atoms with Crippen LogP contribution in [0.3, 0.4) is 0 Å². The van der Waals surface area contributed by atoms with Crippen molar-refractivity contribution >= 4 is 5.91 Å². The monoisotopic (exact) mass is 389 g/mol. The fraction of sp³-hybridized carbons (Fsp3) is 0.263. The largest absolute Gasteiger partial charge is 0.414 e. The summed E-state index contributed by atoms with van der Waals surface area (Å²) in [5.41, 5.74) is 0.701. The number of nitrogens with zero attached hydrogens (tertiary/aromatic N) is 4. The van der Waals surface area contributed by atoms with Gasteiger partial charge in [-0.25, -0.2) is 0 Å². The second-order valence-electron chi connectivity index (χ2n) is 6.16. The van der Waals surface area contributed by atoms with Crippen LogP contribution in [0.1, 0.15) is 34.2 Å². The number of alkyl halides is 3. The highest BCUT2D eigenvalue weighted by Crippen LogP contribution is 2.31. The fourth-order valence-corrected chi connectivity index (χ4v) is 2.68. The van der Waals surface area contributed by atoms with E-state index in [1.54, 1.807) is 0 Å². The predicted octanol–water partition coefficient (Wildman–Crippen LogP) is 3.34. The van der Waals surface area contributed by atoms with Crippen LogP contribution in [-0.4, -0.2) is 32.1 Å². The second kappa shape index (κ2) is 8.64. The second-order valence-corrected chi connectivity index (χ2v) is 6.16. The zero-order chi connectivity index (χ0) is 20.0. The molecule has 1 amide bonds. The predicted molar refractivity (Wildman–Crippen MR) is 95.3 cm³/mol. The molecule has 0 saturated carbocycles. The molecule has 146 valence electrons. The summed E-state index contributed by atoms with van der Waals surface area (Å²) in [7, 11) is 0. The third kappa shape index (κ3) is 5.15. The van der Waals surface area contributed by atoms with Crippen molar-refractivity contribution in [2.75, 3.05) is 0 Å². The van der Waals surface area contributed by atoms with Crippen LogP contribution in [0.4, 0.5) is 13.2 Å². The highest BCUT2D eigenvalue weighted by atomic mass is 19.4. The molecule has 0 unspecified atom stereocenters. The maximum atomic E-state index is 13.3. The van der Waals surface area contributed by atoms with E-state index in [4.69, 9.17) is 0 Å². The number of amides is 1. The maximum Gasteiger partial charge on any atom is 0.414 e. The van der Waals surface area contributed by atoms with Crippen LogP contribution in [0.2, 0.25) is 0 Å². The number of nitrogens with one attached hydrogen (secondary N) is 1. The first-order valence-corrected chi connectivity index (χ1v) is 8.66. The van der Waals surface area contributed by atoms with Gasteiger partial charge in [0.2, 0.25) is 0 Å². The Morgan fingerprint density at radius 1 is 1.11 bits per heavy atom. The number of hydrogen-bond donors (Lipinski definition) is 1. The lowest BCUT2D eigenvalue weighted by Crippen LogP contribution is -2.38. The summed E-state index contributed by atoms with van der Waals surface area (Å²) in [5.74, 6) is -0.956. The highest BCUT2D eigenvalue weighted by Gasteiger charge is 2.43. The number of aryl methyl sites for hydroxylation is 2. The van der Waals surface area contributed by atoms with E-state index >= 15 is 0 Å². The van der Waals surface area contributed by atoms with Crippen molar-refractivity contribution < 1.29 is 18.0 Å². The van der Waals surface area contributed by atoms with Crippen LogP contribution >= 0.6 is 0 Å². The summed E-state index contributed by atoms with van der Waals surface area (Å²) < 4.78 is 41.4. The van der Waals surface area contributed by atoms with Gasteiger partial charge < -0.3 is 5.32 Å². The third-order valence-electron chi connectivity index (χ3n) is 4.05. The molecule has 0 bridgehead atoms. The molecule has 0 spiro atoms. The molecule has 0 aliphatic carbocycles. The number of halogens is 3. The Kier molecular flexibility index (Phi) is 6.03. The van der Waals surface area contributed by atoms with Crippen LogP contribution in [0.5, 0.6) is 0 Å². The average Bonchev–Trinajstić information content (AvgIpc) is 3.16. The number of carbonyl (C=O) groups is 1. The van der Waals surface area contributed by atoms with Gasteiger partial charge in [0.05, 0.1) is 11.9 Å². The summed E-state index contributed by atoms with van der Waals surface area (Å²) in [6.45, 7) is 0.498. The number of aromatic nitrogens is 4. The summed E-state index contributed by atoms with van der Waals surface area (Å²) in [5, 5.41) is 9.45. The Hall–Kier alpha value is -3.23. The smallest absolute Gasteiger partial charge is 0.334 e. The summed E-state index contributed by atoms with van der Waals surface area (Å²) in [4.78, 5) is 15.9. The Balaban J connectivity index is 1.61. The Morgan fingerprint density at radius 2 is 1.86 bits per heavy atom. The first kappa shape index (κ1) is 19.5. The minimum atomic E-state index is -4.68. The van der Waals surface area contributed by atoms with Gasteiger partial charge in [-0.15, -0.1) is 5.10 Å². The number of carbonyl (C=O) groups excluding carboxylic acids is 1. The first-order chi connectivity index (χ1) is 13.4. The van der Waals surface area contributed by atoms with Crippen molar-refractivity contribution in [2.45, 2.75) is 31.6 Å². The fourth-order valence-electron chi connectivity index (χ4n) is 2.68. The number of rotatable bonds is 7. The molecule has 0 saturated heterocycles. The number of hydrogen-bond acceptors (Lipinski definition) is 4. The Bertz CT molecular complexity index is 897. The molecule has 28 heavy (non-hydrogen) atoms. The van der Waals surface area contributed by atoms with E-state index in [2.05, 4.69) is 15.3 Å². The molecule has 2 aromatic heterocycles. The van der Waals surface area contributed by atoms with Crippen LogP contribution in [0.15, 0.2) is 60.9 Å². The lowest BCUT2D eigenvalue weighted by Gasteiger charge is -2.20. The molecule has 1 N–H and O–H groups in total. The molecule has 1 aromatic carbocycles. The normalized spacial score (nSPS) is 12.5. The van der Waals surface area contributed by atoms with E-state index in [9.17, 15) is 18.0 Å². The molecule has 3 aromatic rings. The van der Waals surface area contributed by atoms with Crippen LogP contribution in [-0.2, 0) is 13.0 Å². The van der Waals surface area contributed by atoms with Crippen LogP contribution in [0.25, 0.3) is 0 Å². The van der Waals surface area contributed by atoms with Gasteiger partial charge >= 0.3 is 6.18 Å². The van der Waals surface area contributed by atoms with Gasteiger partial charge in [-0.3, -0.25) is 14.5 Å². The van der Waals surface area contributed by atoms with Gasteiger partial charge in [0, 0.05) is 12.7 Å². The van der Waals surface area contributed by atoms with E-state index < -0.39 is 18.1 Å². The van der Waals surface area contributed by atoms with Gasteiger partial charge in [-0.2, -0.15) is 13.2 Å². The SMILES string of the molecule is O=C(N[C@@H](c1ccccn1)C(F)(F)F)c1cn(CCCc2ccccc2)nn1. The lowest BCUT2D eigenvalue weighted by atomic mass is 10.1. The average molecular weight is 389 g/mol. The van der Waals surface area contributed by atoms with Crippen molar-refractivity contribution in [3.05, 3.63) is 77.9 Å². The van der Waals surface area contributed by atoms with Crippen molar-refractivity contribution in [3.8, 4) is 0 Å². The zero-order valence-electron chi connectivity index (χ0n) is 14.8. The van der Waals surface area contributed by atoms with Gasteiger partial charge in [0.25, 0.3) is 5.91 Å². The molecule has 0 fully saturated rings. The molecular weight excluding hydrogens is 371 g/mol. The van der Waals surface area contributed by atoms with Crippen LogP contribution < -0.4 is 5.32 Å². The van der Waals surface area contributed by atoms with Gasteiger partial charge in [0.15, 0.2) is 11.7 Å². The van der Waals surface area contributed by atoms with E-state index in [0.29, 0.717) is 6.54 Å². The van der Waals surface area contributed by atoms with Crippen molar-refractivity contribution in [1.29, 1.82) is 0 Å². The summed E-state index contributed by atoms with van der Waals surface area (Å²) in [6, 6.07) is 11.8. The minimum absolute atomic E-state index is 0.176. The third-order valence-corrected chi connectivity index (χ3v) is 4.05. The minimum Gasteiger partial charge on any atom is -0.334 e. The Labute approximate surface area is 159 Å². The zero-order valence-corrected chi connectivity index (χ0v) is 14.8. The molecule has 3 rings (SSSR count). The summed E-state index contributed by atoms with van der Waals surface area (Å²) in [6.07, 6.45) is -0.531. The Morgan fingerprint density at radius 3 is 2.54 bits per heavy atom. The van der Waals surface area contributed by atoms with Crippen molar-refractivity contribution in [1.82, 2.24) is 25.3 Å². The van der Waals surface area contributed by atoms with E-state index in [0.717, 1.165) is 12.8 Å². The number of benzene rings is 1. The van der Waals surface area contributed by atoms with Crippen molar-refractivity contribution in [2.24, 2.45) is 0 Å². The van der Waals surface area contributed by atoms with E-state index in [1.807, 2.05) is 35.6 Å². The van der Waals surface area contributed by atoms with Crippen LogP contribution in [0, 0.1) is 0 Å². The molecule has 0 aliphatic rings. The molecule has 9 heteroatoms. The first-order valence-electron chi connectivity index (χ1n) is 8.66. The number of pyridine rings is 1. The van der Waals surface area contributed by atoms with Gasteiger partial charge in [0.1, 0.15) is 0 Å².